The summed E-state index contributed by atoms with van der Waals surface area (Å²) in [6, 6.07) is 7.05. The predicted octanol–water partition coefficient (Wildman–Crippen LogP) is 2.55. The maximum atomic E-state index is 12.3. The fourth-order valence-corrected chi connectivity index (χ4v) is 2.59. The van der Waals surface area contributed by atoms with E-state index >= 15 is 0 Å². The van der Waals surface area contributed by atoms with Crippen molar-refractivity contribution >= 4 is 11.8 Å². The topological polar surface area (TPSA) is 147 Å². The third-order valence-corrected chi connectivity index (χ3v) is 4.22. The van der Waals surface area contributed by atoms with Gasteiger partial charge in [-0.2, -0.15) is 0 Å². The Morgan fingerprint density at radius 2 is 2.00 bits per heavy atom. The van der Waals surface area contributed by atoms with Crippen molar-refractivity contribution in [3.8, 4) is 5.75 Å². The minimum absolute atomic E-state index is 0.0440. The first-order chi connectivity index (χ1) is 16.5. The lowest BCUT2D eigenvalue weighted by Crippen LogP contribution is -2.34. The lowest BCUT2D eigenvalue weighted by Gasteiger charge is -2.15. The maximum absolute atomic E-state index is 12.3. The van der Waals surface area contributed by atoms with Crippen molar-refractivity contribution in [1.29, 1.82) is 0 Å². The van der Waals surface area contributed by atoms with Gasteiger partial charge in [-0.25, -0.2) is 0 Å². The molecule has 11 heteroatoms. The summed E-state index contributed by atoms with van der Waals surface area (Å²) < 4.78 is 16.3. The minimum atomic E-state index is -0.888. The number of azide groups is 1. The number of carbonyl (C=O) groups is 2. The summed E-state index contributed by atoms with van der Waals surface area (Å²) in [7, 11) is 0. The number of rotatable bonds is 18. The van der Waals surface area contributed by atoms with E-state index in [0.29, 0.717) is 37.0 Å². The molecule has 1 aromatic rings. The van der Waals surface area contributed by atoms with Gasteiger partial charge in [0.15, 0.2) is 6.23 Å². The van der Waals surface area contributed by atoms with Crippen molar-refractivity contribution in [3.05, 3.63) is 52.4 Å². The molecule has 34 heavy (non-hydrogen) atoms. The van der Waals surface area contributed by atoms with Gasteiger partial charge >= 0.3 is 0 Å². The van der Waals surface area contributed by atoms with Crippen LogP contribution in [-0.4, -0.2) is 70.1 Å². The number of ether oxygens (including phenoxy) is 3. The first-order valence-corrected chi connectivity index (χ1v) is 11.4. The van der Waals surface area contributed by atoms with E-state index in [0.717, 1.165) is 6.42 Å². The SMILES string of the molecule is CC/C=C/CNC(=O)COCCOC(COc1cccc(C(=O)NCCNC(C)C)c1)N=[N+]=[N-]. The van der Waals surface area contributed by atoms with Crippen LogP contribution in [0.25, 0.3) is 10.4 Å². The zero-order chi connectivity index (χ0) is 25.0. The first-order valence-electron chi connectivity index (χ1n) is 11.4. The molecule has 1 rings (SSSR count). The zero-order valence-electron chi connectivity index (χ0n) is 20.2. The van der Waals surface area contributed by atoms with Crippen molar-refractivity contribution in [2.45, 2.75) is 39.5 Å². The summed E-state index contributed by atoms with van der Waals surface area (Å²) in [4.78, 5) is 26.7. The maximum Gasteiger partial charge on any atom is 0.251 e. The van der Waals surface area contributed by atoms with Gasteiger partial charge in [0.05, 0.1) is 13.2 Å². The number of nitrogens with one attached hydrogen (secondary N) is 3. The van der Waals surface area contributed by atoms with Gasteiger partial charge in [0.1, 0.15) is 19.0 Å². The standard InChI is InChI=1S/C23H36N6O5/c1-4-5-6-10-26-21(30)16-32-13-14-33-22(28-29-24)17-34-20-9-7-8-19(15-20)23(31)27-12-11-25-18(2)3/h5-9,15,18,22,25H,4,10-14,16-17H2,1-3H3,(H,26,30)(H,27,31)/b6-5+. The molecule has 0 aromatic heterocycles. The van der Waals surface area contributed by atoms with E-state index in [-0.39, 0.29) is 38.2 Å². The van der Waals surface area contributed by atoms with Crippen LogP contribution in [0.4, 0.5) is 0 Å². The average Bonchev–Trinajstić information content (AvgIpc) is 2.82. The molecule has 1 atom stereocenters. The molecule has 0 fully saturated rings. The van der Waals surface area contributed by atoms with Crippen LogP contribution < -0.4 is 20.7 Å². The lowest BCUT2D eigenvalue weighted by molar-refractivity contribution is -0.126. The number of benzene rings is 1. The molecule has 11 nitrogen and oxygen atoms in total. The van der Waals surface area contributed by atoms with E-state index in [1.54, 1.807) is 24.3 Å². The summed E-state index contributed by atoms with van der Waals surface area (Å²) >= 11 is 0. The second-order valence-corrected chi connectivity index (χ2v) is 7.47. The monoisotopic (exact) mass is 476 g/mol. The van der Waals surface area contributed by atoms with E-state index in [4.69, 9.17) is 19.7 Å². The molecule has 0 aliphatic carbocycles. The quantitative estimate of drug-likeness (QED) is 0.0975. The summed E-state index contributed by atoms with van der Waals surface area (Å²) in [5.74, 6) is 0.0111. The summed E-state index contributed by atoms with van der Waals surface area (Å²) in [6.45, 7) is 7.86. The highest BCUT2D eigenvalue weighted by atomic mass is 16.6. The van der Waals surface area contributed by atoms with Crippen LogP contribution in [-0.2, 0) is 14.3 Å². The molecule has 0 aliphatic rings. The third kappa shape index (κ3) is 14.1. The molecular formula is C23H36N6O5. The van der Waals surface area contributed by atoms with Gasteiger partial charge in [0.25, 0.3) is 5.91 Å². The Bertz CT molecular complexity index is 811. The van der Waals surface area contributed by atoms with Crippen LogP contribution in [0, 0.1) is 0 Å². The molecule has 0 aliphatic heterocycles. The molecule has 0 saturated heterocycles. The molecule has 2 amide bonds. The number of hydrogen-bond donors (Lipinski definition) is 3. The highest BCUT2D eigenvalue weighted by Crippen LogP contribution is 2.14. The second kappa shape index (κ2) is 18.3. The van der Waals surface area contributed by atoms with E-state index in [2.05, 4.69) is 26.0 Å². The molecule has 0 saturated carbocycles. The van der Waals surface area contributed by atoms with Gasteiger partial charge in [-0.05, 0) is 30.2 Å². The number of hydrogen-bond acceptors (Lipinski definition) is 7. The molecule has 3 N–H and O–H groups in total. The van der Waals surface area contributed by atoms with Gasteiger partial charge < -0.3 is 30.2 Å². The third-order valence-electron chi connectivity index (χ3n) is 4.22. The fraction of sp³-hybridized carbons (Fsp3) is 0.565. The van der Waals surface area contributed by atoms with E-state index in [9.17, 15) is 9.59 Å². The largest absolute Gasteiger partial charge is 0.491 e. The van der Waals surface area contributed by atoms with Crippen LogP contribution in [0.3, 0.4) is 0 Å². The Morgan fingerprint density at radius 3 is 2.74 bits per heavy atom. The van der Waals surface area contributed by atoms with Crippen molar-refractivity contribution in [2.24, 2.45) is 5.11 Å². The highest BCUT2D eigenvalue weighted by Gasteiger charge is 2.11. The van der Waals surface area contributed by atoms with Crippen LogP contribution >= 0.6 is 0 Å². The summed E-state index contributed by atoms with van der Waals surface area (Å²) in [5.41, 5.74) is 9.22. The van der Waals surface area contributed by atoms with Crippen LogP contribution in [0.1, 0.15) is 37.6 Å². The minimum Gasteiger partial charge on any atom is -0.491 e. The molecule has 0 spiro atoms. The smallest absolute Gasteiger partial charge is 0.251 e. The van der Waals surface area contributed by atoms with Crippen molar-refractivity contribution in [2.75, 3.05) is 46.1 Å². The Hall–Kier alpha value is -3.11. The second-order valence-electron chi connectivity index (χ2n) is 7.47. The van der Waals surface area contributed by atoms with Gasteiger partial charge in [0, 0.05) is 36.2 Å². The van der Waals surface area contributed by atoms with E-state index in [1.165, 1.54) is 0 Å². The molecule has 188 valence electrons. The Morgan fingerprint density at radius 1 is 1.18 bits per heavy atom. The Balaban J connectivity index is 2.36. The van der Waals surface area contributed by atoms with Gasteiger partial charge in [-0.3, -0.25) is 9.59 Å². The molecule has 1 unspecified atom stereocenters. The van der Waals surface area contributed by atoms with Crippen molar-refractivity contribution < 1.29 is 23.8 Å². The lowest BCUT2D eigenvalue weighted by atomic mass is 10.2. The first kappa shape index (κ1) is 28.9. The van der Waals surface area contributed by atoms with Crippen LogP contribution in [0.5, 0.6) is 5.75 Å². The van der Waals surface area contributed by atoms with Crippen LogP contribution in [0.15, 0.2) is 41.5 Å². The fourth-order valence-electron chi connectivity index (χ4n) is 2.59. The predicted molar refractivity (Wildman–Crippen MR) is 130 cm³/mol. The van der Waals surface area contributed by atoms with Gasteiger partial charge in [-0.1, -0.05) is 44.1 Å². The normalized spacial score (nSPS) is 11.8. The zero-order valence-corrected chi connectivity index (χ0v) is 20.2. The molecule has 0 bridgehead atoms. The summed E-state index contributed by atoms with van der Waals surface area (Å²) in [5, 5.41) is 12.3. The summed E-state index contributed by atoms with van der Waals surface area (Å²) in [6.07, 6.45) is 3.86. The number of nitrogens with zero attached hydrogens (tertiary/aromatic N) is 3. The van der Waals surface area contributed by atoms with Crippen molar-refractivity contribution in [1.82, 2.24) is 16.0 Å². The highest BCUT2D eigenvalue weighted by molar-refractivity contribution is 5.94. The average molecular weight is 477 g/mol. The van der Waals surface area contributed by atoms with Gasteiger partial charge in [-0.15, -0.1) is 0 Å². The van der Waals surface area contributed by atoms with E-state index in [1.807, 2.05) is 32.9 Å². The molecule has 1 aromatic carbocycles. The molecule has 0 heterocycles. The van der Waals surface area contributed by atoms with Crippen molar-refractivity contribution in [3.63, 3.8) is 0 Å². The molecule has 0 radical (unpaired) electrons. The number of amides is 2. The van der Waals surface area contributed by atoms with Crippen LogP contribution in [0.2, 0.25) is 0 Å². The number of allylic oxidation sites excluding steroid dienone is 1. The Kier molecular flexibility index (Phi) is 15.6. The van der Waals surface area contributed by atoms with E-state index < -0.39 is 6.23 Å². The molecular weight excluding hydrogens is 440 g/mol. The number of carbonyl (C=O) groups excluding carboxylic acids is 2. The van der Waals surface area contributed by atoms with Gasteiger partial charge in [0.2, 0.25) is 5.91 Å². The Labute approximate surface area is 200 Å².